The van der Waals surface area contributed by atoms with Crippen LogP contribution in [0.1, 0.15) is 24.6 Å². The van der Waals surface area contributed by atoms with Crippen molar-refractivity contribution in [3.8, 4) is 11.4 Å². The molecule has 0 spiro atoms. The van der Waals surface area contributed by atoms with E-state index in [1.807, 2.05) is 6.92 Å². The number of hydrogen-bond donors (Lipinski definition) is 1. The van der Waals surface area contributed by atoms with E-state index in [1.54, 1.807) is 6.33 Å². The number of nitrogens with two attached hydrogens (primary N) is 1. The lowest BCUT2D eigenvalue weighted by atomic mass is 10.2. The lowest BCUT2D eigenvalue weighted by molar-refractivity contribution is 0.746. The fourth-order valence-corrected chi connectivity index (χ4v) is 2.36. The number of rotatable bonds is 2. The van der Waals surface area contributed by atoms with Crippen molar-refractivity contribution in [1.82, 2.24) is 19.1 Å². The molecule has 3 rings (SSSR count). The summed E-state index contributed by atoms with van der Waals surface area (Å²) in [5.74, 6) is 0.862. The molecule has 1 saturated carbocycles. The molecule has 0 aromatic carbocycles. The Morgan fingerprint density at radius 2 is 2.33 bits per heavy atom. The van der Waals surface area contributed by atoms with E-state index in [0.29, 0.717) is 6.04 Å². The van der Waals surface area contributed by atoms with Gasteiger partial charge in [0.2, 0.25) is 0 Å². The van der Waals surface area contributed by atoms with Gasteiger partial charge in [-0.25, -0.2) is 0 Å². The molecule has 0 radical (unpaired) electrons. The Labute approximate surface area is 91.1 Å². The minimum absolute atomic E-state index is 0.564. The van der Waals surface area contributed by atoms with E-state index < -0.39 is 0 Å². The monoisotopic (exact) mass is 221 g/mol. The van der Waals surface area contributed by atoms with Crippen LogP contribution in [0, 0.1) is 6.92 Å². The van der Waals surface area contributed by atoms with Gasteiger partial charge in [0.15, 0.2) is 5.82 Å². The lowest BCUT2D eigenvalue weighted by Crippen LogP contribution is -1.98. The maximum absolute atomic E-state index is 5.90. The zero-order valence-electron chi connectivity index (χ0n) is 8.34. The summed E-state index contributed by atoms with van der Waals surface area (Å²) in [4.78, 5) is 0. The van der Waals surface area contributed by atoms with Crippen LogP contribution in [0.4, 0.5) is 5.00 Å². The molecule has 1 aliphatic carbocycles. The van der Waals surface area contributed by atoms with E-state index in [2.05, 4.69) is 19.1 Å². The van der Waals surface area contributed by atoms with Crippen LogP contribution in [-0.4, -0.2) is 19.1 Å². The minimum atomic E-state index is 0.564. The summed E-state index contributed by atoms with van der Waals surface area (Å²) < 4.78 is 6.33. The van der Waals surface area contributed by atoms with Gasteiger partial charge in [0.1, 0.15) is 11.3 Å². The molecule has 0 aliphatic heterocycles. The van der Waals surface area contributed by atoms with Crippen LogP contribution < -0.4 is 5.73 Å². The SMILES string of the molecule is Cc1nsc(N)c1-c1nncn1C1CC1. The summed E-state index contributed by atoms with van der Waals surface area (Å²) >= 11 is 1.32. The normalized spacial score (nSPS) is 15.8. The van der Waals surface area contributed by atoms with E-state index >= 15 is 0 Å². The highest BCUT2D eigenvalue weighted by molar-refractivity contribution is 7.10. The summed E-state index contributed by atoms with van der Waals surface area (Å²) in [7, 11) is 0. The van der Waals surface area contributed by atoms with Crippen LogP contribution in [0.2, 0.25) is 0 Å². The summed E-state index contributed by atoms with van der Waals surface area (Å²) in [5.41, 5.74) is 7.78. The zero-order valence-corrected chi connectivity index (χ0v) is 9.16. The number of nitrogens with zero attached hydrogens (tertiary/aromatic N) is 4. The molecular formula is C9H11N5S. The van der Waals surface area contributed by atoms with Crippen molar-refractivity contribution in [1.29, 1.82) is 0 Å². The Balaban J connectivity index is 2.15. The number of aromatic nitrogens is 4. The Bertz CT molecular complexity index is 477. The third-order valence-corrected chi connectivity index (χ3v) is 3.39. The van der Waals surface area contributed by atoms with Gasteiger partial charge in [0, 0.05) is 6.04 Å². The first kappa shape index (κ1) is 8.84. The van der Waals surface area contributed by atoms with Gasteiger partial charge < -0.3 is 10.3 Å². The highest BCUT2D eigenvalue weighted by atomic mass is 32.1. The molecule has 0 amide bonds. The molecule has 2 N–H and O–H groups in total. The average molecular weight is 221 g/mol. The fourth-order valence-electron chi connectivity index (χ4n) is 1.70. The summed E-state index contributed by atoms with van der Waals surface area (Å²) in [6.07, 6.45) is 4.20. The molecule has 0 atom stereocenters. The van der Waals surface area contributed by atoms with Crippen LogP contribution >= 0.6 is 11.5 Å². The molecule has 2 aromatic heterocycles. The first-order chi connectivity index (χ1) is 7.27. The third-order valence-electron chi connectivity index (χ3n) is 2.63. The predicted octanol–water partition coefficient (Wildman–Crippen LogP) is 1.63. The first-order valence-corrected chi connectivity index (χ1v) is 5.66. The second-order valence-electron chi connectivity index (χ2n) is 3.80. The maximum atomic E-state index is 5.90. The lowest BCUT2D eigenvalue weighted by Gasteiger charge is -2.03. The number of anilines is 1. The second-order valence-corrected chi connectivity index (χ2v) is 4.61. The van der Waals surface area contributed by atoms with E-state index in [9.17, 15) is 0 Å². The maximum Gasteiger partial charge on any atom is 0.168 e. The topological polar surface area (TPSA) is 69.6 Å². The molecule has 1 fully saturated rings. The van der Waals surface area contributed by atoms with Crippen LogP contribution in [0.25, 0.3) is 11.4 Å². The largest absolute Gasteiger partial charge is 0.389 e. The highest BCUT2D eigenvalue weighted by Gasteiger charge is 2.28. The van der Waals surface area contributed by atoms with E-state index in [-0.39, 0.29) is 0 Å². The third kappa shape index (κ3) is 1.32. The summed E-state index contributed by atoms with van der Waals surface area (Å²) in [5, 5.41) is 8.82. The molecule has 1 aliphatic rings. The zero-order chi connectivity index (χ0) is 10.4. The van der Waals surface area contributed by atoms with Crippen LogP contribution in [0.15, 0.2) is 6.33 Å². The molecule has 0 unspecified atom stereocenters. The van der Waals surface area contributed by atoms with Gasteiger partial charge in [-0.05, 0) is 31.3 Å². The van der Waals surface area contributed by atoms with Crippen molar-refractivity contribution < 1.29 is 0 Å². The smallest absolute Gasteiger partial charge is 0.168 e. The highest BCUT2D eigenvalue weighted by Crippen LogP contribution is 2.39. The van der Waals surface area contributed by atoms with Gasteiger partial charge in [-0.3, -0.25) is 0 Å². The van der Waals surface area contributed by atoms with Crippen LogP contribution in [0.5, 0.6) is 0 Å². The van der Waals surface area contributed by atoms with Gasteiger partial charge >= 0.3 is 0 Å². The molecule has 0 saturated heterocycles. The Morgan fingerprint density at radius 3 is 2.93 bits per heavy atom. The van der Waals surface area contributed by atoms with E-state index in [4.69, 9.17) is 5.73 Å². The van der Waals surface area contributed by atoms with Crippen LogP contribution in [-0.2, 0) is 0 Å². The molecule has 15 heavy (non-hydrogen) atoms. The molecule has 2 aromatic rings. The van der Waals surface area contributed by atoms with Crippen molar-refractivity contribution in [2.75, 3.05) is 5.73 Å². The van der Waals surface area contributed by atoms with Crippen molar-refractivity contribution in [3.63, 3.8) is 0 Å². The standard InChI is InChI=1S/C9H11N5S/c1-5-7(8(10)15-13-5)9-12-11-4-14(9)6-2-3-6/h4,6H,2-3,10H2,1H3. The van der Waals surface area contributed by atoms with Gasteiger partial charge in [-0.15, -0.1) is 10.2 Å². The molecule has 6 heteroatoms. The van der Waals surface area contributed by atoms with Crippen molar-refractivity contribution in [2.45, 2.75) is 25.8 Å². The van der Waals surface area contributed by atoms with Gasteiger partial charge in [-0.1, -0.05) is 0 Å². The summed E-state index contributed by atoms with van der Waals surface area (Å²) in [6, 6.07) is 0.564. The fraction of sp³-hybridized carbons (Fsp3) is 0.444. The van der Waals surface area contributed by atoms with Gasteiger partial charge in [-0.2, -0.15) is 4.37 Å². The first-order valence-electron chi connectivity index (χ1n) is 4.89. The second kappa shape index (κ2) is 3.03. The Hall–Kier alpha value is -1.43. The number of hydrogen-bond acceptors (Lipinski definition) is 5. The van der Waals surface area contributed by atoms with Gasteiger partial charge in [0.05, 0.1) is 11.3 Å². The quantitative estimate of drug-likeness (QED) is 0.836. The van der Waals surface area contributed by atoms with Gasteiger partial charge in [0.25, 0.3) is 0 Å². The molecule has 2 heterocycles. The summed E-state index contributed by atoms with van der Waals surface area (Å²) in [6.45, 7) is 1.95. The molecule has 78 valence electrons. The number of aryl methyl sites for hydroxylation is 1. The average Bonchev–Trinajstić information content (AvgIpc) is 2.87. The molecule has 0 bridgehead atoms. The molecular weight excluding hydrogens is 210 g/mol. The van der Waals surface area contributed by atoms with Crippen molar-refractivity contribution >= 4 is 16.5 Å². The van der Waals surface area contributed by atoms with E-state index in [0.717, 1.165) is 22.1 Å². The van der Waals surface area contributed by atoms with Crippen molar-refractivity contribution in [3.05, 3.63) is 12.0 Å². The Morgan fingerprint density at radius 1 is 1.53 bits per heavy atom. The predicted molar refractivity (Wildman–Crippen MR) is 58.6 cm³/mol. The Kier molecular flexibility index (Phi) is 1.79. The molecule has 5 nitrogen and oxygen atoms in total. The minimum Gasteiger partial charge on any atom is -0.389 e. The van der Waals surface area contributed by atoms with Crippen molar-refractivity contribution in [2.24, 2.45) is 0 Å². The van der Waals surface area contributed by atoms with Crippen LogP contribution in [0.3, 0.4) is 0 Å². The number of nitrogen functional groups attached to an aromatic ring is 1. The van der Waals surface area contributed by atoms with E-state index in [1.165, 1.54) is 24.4 Å².